The summed E-state index contributed by atoms with van der Waals surface area (Å²) in [5.41, 5.74) is 3.78. The fourth-order valence-corrected chi connectivity index (χ4v) is 2.87. The molecule has 0 fully saturated rings. The number of hydrogen-bond donors (Lipinski definition) is 2. The number of amides is 1. The van der Waals surface area contributed by atoms with Crippen molar-refractivity contribution in [1.29, 1.82) is 0 Å². The number of hydrogen-bond acceptors (Lipinski definition) is 3. The Bertz CT molecular complexity index is 716. The number of pyridine rings is 1. The Morgan fingerprint density at radius 1 is 1.25 bits per heavy atom. The predicted molar refractivity (Wildman–Crippen MR) is 99.4 cm³/mol. The number of aromatic nitrogens is 1. The molecular weight excluding hydrogens is 322 g/mol. The number of benzene rings is 1. The van der Waals surface area contributed by atoms with Gasteiger partial charge in [-0.25, -0.2) is 0 Å². The highest BCUT2D eigenvalue weighted by Gasteiger charge is 2.19. The van der Waals surface area contributed by atoms with Crippen molar-refractivity contribution in [2.24, 2.45) is 5.92 Å². The molecule has 0 saturated carbocycles. The molecule has 2 aromatic rings. The van der Waals surface area contributed by atoms with Crippen molar-refractivity contribution in [1.82, 2.24) is 10.3 Å². The van der Waals surface area contributed by atoms with Gasteiger partial charge in [-0.1, -0.05) is 37.6 Å². The Hall–Kier alpha value is -1.91. The summed E-state index contributed by atoms with van der Waals surface area (Å²) in [6, 6.07) is 9.54. The van der Waals surface area contributed by atoms with Crippen LogP contribution in [-0.2, 0) is 4.79 Å². The van der Waals surface area contributed by atoms with Crippen LogP contribution >= 0.6 is 11.6 Å². The molecule has 2 rings (SSSR count). The van der Waals surface area contributed by atoms with E-state index in [1.54, 1.807) is 6.20 Å². The maximum absolute atomic E-state index is 12.2. The maximum Gasteiger partial charge on any atom is 0.238 e. The Balaban J connectivity index is 2.02. The first-order valence-electron chi connectivity index (χ1n) is 8.09. The van der Waals surface area contributed by atoms with Crippen LogP contribution in [0.1, 0.15) is 36.7 Å². The number of halogens is 1. The smallest absolute Gasteiger partial charge is 0.238 e. The van der Waals surface area contributed by atoms with E-state index < -0.39 is 0 Å². The summed E-state index contributed by atoms with van der Waals surface area (Å²) in [7, 11) is 0. The highest BCUT2D eigenvalue weighted by Crippen LogP contribution is 2.24. The summed E-state index contributed by atoms with van der Waals surface area (Å²) >= 11 is 6.16. The molecular formula is C19H24ClN3O. The Morgan fingerprint density at radius 3 is 2.62 bits per heavy atom. The molecule has 0 spiro atoms. The number of rotatable bonds is 6. The normalized spacial score (nSPS) is 12.2. The van der Waals surface area contributed by atoms with E-state index in [9.17, 15) is 4.79 Å². The van der Waals surface area contributed by atoms with E-state index in [2.05, 4.69) is 29.5 Å². The van der Waals surface area contributed by atoms with Crippen molar-refractivity contribution < 1.29 is 4.79 Å². The zero-order valence-electron chi connectivity index (χ0n) is 14.6. The van der Waals surface area contributed by atoms with Crippen LogP contribution in [0.15, 0.2) is 36.5 Å². The first kappa shape index (κ1) is 18.4. The lowest BCUT2D eigenvalue weighted by molar-refractivity contribution is -0.115. The lowest BCUT2D eigenvalue weighted by Crippen LogP contribution is -2.34. The molecule has 5 heteroatoms. The van der Waals surface area contributed by atoms with Crippen molar-refractivity contribution in [3.05, 3.63) is 58.4 Å². The molecule has 2 N–H and O–H groups in total. The summed E-state index contributed by atoms with van der Waals surface area (Å²) in [6.45, 7) is 8.41. The van der Waals surface area contributed by atoms with Gasteiger partial charge in [0.2, 0.25) is 5.91 Å². The van der Waals surface area contributed by atoms with Gasteiger partial charge in [0, 0.05) is 6.20 Å². The lowest BCUT2D eigenvalue weighted by atomic mass is 9.97. The average Bonchev–Trinajstić information content (AvgIpc) is 2.51. The molecule has 0 aliphatic carbocycles. The van der Waals surface area contributed by atoms with Crippen molar-refractivity contribution >= 4 is 23.2 Å². The van der Waals surface area contributed by atoms with Crippen LogP contribution in [0, 0.1) is 19.8 Å². The molecule has 1 aromatic carbocycles. The van der Waals surface area contributed by atoms with Crippen molar-refractivity contribution in [3.63, 3.8) is 0 Å². The van der Waals surface area contributed by atoms with Crippen LogP contribution in [0.2, 0.25) is 5.02 Å². The molecule has 1 heterocycles. The van der Waals surface area contributed by atoms with Crippen LogP contribution in [0.4, 0.5) is 5.69 Å². The molecule has 1 atom stereocenters. The molecule has 0 radical (unpaired) electrons. The molecule has 4 nitrogen and oxygen atoms in total. The zero-order valence-corrected chi connectivity index (χ0v) is 15.3. The monoisotopic (exact) mass is 345 g/mol. The third-order valence-electron chi connectivity index (χ3n) is 3.89. The fourth-order valence-electron chi connectivity index (χ4n) is 2.59. The molecule has 0 aliphatic rings. The van der Waals surface area contributed by atoms with E-state index in [-0.39, 0.29) is 18.5 Å². The SMILES string of the molecule is Cc1ccc(NC(=O)CNC(c2ncccc2C)C(C)C)c(Cl)c1. The highest BCUT2D eigenvalue weighted by atomic mass is 35.5. The van der Waals surface area contributed by atoms with Crippen LogP contribution in [0.3, 0.4) is 0 Å². The second-order valence-corrected chi connectivity index (χ2v) is 6.75. The van der Waals surface area contributed by atoms with Crippen LogP contribution < -0.4 is 10.6 Å². The zero-order chi connectivity index (χ0) is 17.7. The second-order valence-electron chi connectivity index (χ2n) is 6.34. The molecule has 0 bridgehead atoms. The van der Waals surface area contributed by atoms with Gasteiger partial charge in [-0.3, -0.25) is 15.1 Å². The highest BCUT2D eigenvalue weighted by molar-refractivity contribution is 6.33. The van der Waals surface area contributed by atoms with Crippen molar-refractivity contribution in [2.75, 3.05) is 11.9 Å². The number of carbonyl (C=O) groups excluding carboxylic acids is 1. The minimum atomic E-state index is -0.125. The third-order valence-corrected chi connectivity index (χ3v) is 4.21. The molecule has 1 amide bonds. The lowest BCUT2D eigenvalue weighted by Gasteiger charge is -2.23. The third kappa shape index (κ3) is 4.79. The Labute approximate surface area is 148 Å². The van der Waals surface area contributed by atoms with Gasteiger partial charge in [-0.15, -0.1) is 0 Å². The number of anilines is 1. The minimum Gasteiger partial charge on any atom is -0.324 e. The van der Waals surface area contributed by atoms with Crippen molar-refractivity contribution in [2.45, 2.75) is 33.7 Å². The molecule has 24 heavy (non-hydrogen) atoms. The average molecular weight is 346 g/mol. The van der Waals surface area contributed by atoms with E-state index in [1.807, 2.05) is 44.2 Å². The number of nitrogens with zero attached hydrogens (tertiary/aromatic N) is 1. The van der Waals surface area contributed by atoms with E-state index in [0.29, 0.717) is 16.6 Å². The van der Waals surface area contributed by atoms with Gasteiger partial charge in [0.15, 0.2) is 0 Å². The van der Waals surface area contributed by atoms with Crippen LogP contribution in [0.25, 0.3) is 0 Å². The standard InChI is InChI=1S/C19H24ClN3O/c1-12(2)18(19-14(4)6-5-9-21-19)22-11-17(24)23-16-8-7-13(3)10-15(16)20/h5-10,12,18,22H,11H2,1-4H3,(H,23,24). The molecule has 1 unspecified atom stereocenters. The summed E-state index contributed by atoms with van der Waals surface area (Å²) in [4.78, 5) is 16.7. The fraction of sp³-hybridized carbons (Fsp3) is 0.368. The van der Waals surface area contributed by atoms with Gasteiger partial charge < -0.3 is 5.32 Å². The van der Waals surface area contributed by atoms with Gasteiger partial charge in [0.1, 0.15) is 0 Å². The van der Waals surface area contributed by atoms with Gasteiger partial charge >= 0.3 is 0 Å². The molecule has 128 valence electrons. The van der Waals surface area contributed by atoms with Gasteiger partial charge in [0.05, 0.1) is 29.0 Å². The molecule has 1 aromatic heterocycles. The first-order valence-corrected chi connectivity index (χ1v) is 8.47. The largest absolute Gasteiger partial charge is 0.324 e. The van der Waals surface area contributed by atoms with Gasteiger partial charge in [0.25, 0.3) is 0 Å². The number of aryl methyl sites for hydroxylation is 2. The summed E-state index contributed by atoms with van der Waals surface area (Å²) in [6.07, 6.45) is 1.78. The first-order chi connectivity index (χ1) is 11.4. The summed E-state index contributed by atoms with van der Waals surface area (Å²) in [5, 5.41) is 6.70. The Morgan fingerprint density at radius 2 is 2.00 bits per heavy atom. The second kappa shape index (κ2) is 8.27. The van der Waals surface area contributed by atoms with Crippen molar-refractivity contribution in [3.8, 4) is 0 Å². The quantitative estimate of drug-likeness (QED) is 0.821. The van der Waals surface area contributed by atoms with E-state index in [4.69, 9.17) is 11.6 Å². The molecule has 0 saturated heterocycles. The van der Waals surface area contributed by atoms with E-state index >= 15 is 0 Å². The molecule has 0 aliphatic heterocycles. The number of carbonyl (C=O) groups is 1. The topological polar surface area (TPSA) is 54.0 Å². The summed E-state index contributed by atoms with van der Waals surface area (Å²) in [5.74, 6) is 0.189. The van der Waals surface area contributed by atoms with Crippen LogP contribution in [-0.4, -0.2) is 17.4 Å². The van der Waals surface area contributed by atoms with Crippen LogP contribution in [0.5, 0.6) is 0 Å². The predicted octanol–water partition coefficient (Wildman–Crippen LogP) is 4.28. The van der Waals surface area contributed by atoms with E-state index in [0.717, 1.165) is 16.8 Å². The van der Waals surface area contributed by atoms with Gasteiger partial charge in [-0.2, -0.15) is 0 Å². The Kier molecular flexibility index (Phi) is 6.35. The minimum absolute atomic E-state index is 0.0189. The maximum atomic E-state index is 12.2. The van der Waals surface area contributed by atoms with E-state index in [1.165, 1.54) is 0 Å². The summed E-state index contributed by atoms with van der Waals surface area (Å²) < 4.78 is 0. The van der Waals surface area contributed by atoms with Gasteiger partial charge in [-0.05, 0) is 49.1 Å². The number of nitrogens with one attached hydrogen (secondary N) is 2.